The minimum Gasteiger partial charge on any atom is -0.248 e. The first-order valence-corrected chi connectivity index (χ1v) is 9.87. The van der Waals surface area contributed by atoms with Crippen molar-refractivity contribution >= 4 is 0 Å². The zero-order valence-electron chi connectivity index (χ0n) is 15.9. The van der Waals surface area contributed by atoms with Crippen LogP contribution in [-0.4, -0.2) is 4.98 Å². The number of pyridine rings is 1. The number of hydrogen-bond acceptors (Lipinski definition) is 1. The van der Waals surface area contributed by atoms with Crippen LogP contribution in [0.2, 0.25) is 0 Å². The predicted octanol–water partition coefficient (Wildman–Crippen LogP) is 6.34. The standard InChI is InChI=1S/C24H31N/c1-3-5-7-9-10-21-12-14-22(15-13-21)16-18-24-19-17-23(20-25-24)11-8-6-4-2/h12-15,17,19-20H,3-11H2,1-2H3. The van der Waals surface area contributed by atoms with Gasteiger partial charge < -0.3 is 0 Å². The van der Waals surface area contributed by atoms with E-state index >= 15 is 0 Å². The molecule has 0 aliphatic rings. The molecular weight excluding hydrogens is 302 g/mol. The molecule has 0 saturated heterocycles. The average molecular weight is 334 g/mol. The van der Waals surface area contributed by atoms with Gasteiger partial charge in [-0.3, -0.25) is 0 Å². The highest BCUT2D eigenvalue weighted by molar-refractivity contribution is 5.41. The lowest BCUT2D eigenvalue weighted by atomic mass is 10.0. The van der Waals surface area contributed by atoms with E-state index in [0.717, 1.165) is 17.7 Å². The molecule has 1 heterocycles. The van der Waals surface area contributed by atoms with Crippen molar-refractivity contribution in [2.45, 2.75) is 71.6 Å². The highest BCUT2D eigenvalue weighted by atomic mass is 14.7. The fourth-order valence-corrected chi connectivity index (χ4v) is 2.87. The second kappa shape index (κ2) is 11.5. The summed E-state index contributed by atoms with van der Waals surface area (Å²) in [6, 6.07) is 12.9. The molecule has 0 unspecified atom stereocenters. The van der Waals surface area contributed by atoms with Gasteiger partial charge in [0.15, 0.2) is 0 Å². The monoisotopic (exact) mass is 333 g/mol. The van der Waals surface area contributed by atoms with Crippen LogP contribution >= 0.6 is 0 Å². The lowest BCUT2D eigenvalue weighted by Crippen LogP contribution is -1.89. The molecule has 0 aliphatic carbocycles. The van der Waals surface area contributed by atoms with E-state index in [2.05, 4.69) is 61.0 Å². The van der Waals surface area contributed by atoms with Gasteiger partial charge in [0.1, 0.15) is 5.69 Å². The second-order valence-corrected chi connectivity index (χ2v) is 6.77. The van der Waals surface area contributed by atoms with Gasteiger partial charge in [0, 0.05) is 11.8 Å². The smallest absolute Gasteiger partial charge is 0.113 e. The third-order valence-corrected chi connectivity index (χ3v) is 4.50. The Morgan fingerprint density at radius 1 is 0.680 bits per heavy atom. The van der Waals surface area contributed by atoms with Gasteiger partial charge in [-0.15, -0.1) is 0 Å². The van der Waals surface area contributed by atoms with Crippen LogP contribution in [0.5, 0.6) is 0 Å². The van der Waals surface area contributed by atoms with Crippen molar-refractivity contribution in [3.63, 3.8) is 0 Å². The fraction of sp³-hybridized carbons (Fsp3) is 0.458. The van der Waals surface area contributed by atoms with Crippen LogP contribution in [0.1, 0.15) is 81.2 Å². The quantitative estimate of drug-likeness (QED) is 0.385. The Balaban J connectivity index is 1.85. The normalized spacial score (nSPS) is 10.3. The molecule has 25 heavy (non-hydrogen) atoms. The van der Waals surface area contributed by atoms with E-state index in [1.165, 1.54) is 62.5 Å². The van der Waals surface area contributed by atoms with Crippen LogP contribution in [-0.2, 0) is 12.8 Å². The summed E-state index contributed by atoms with van der Waals surface area (Å²) >= 11 is 0. The topological polar surface area (TPSA) is 12.9 Å². The molecule has 2 aromatic rings. The molecule has 1 aromatic carbocycles. The number of aromatic nitrogens is 1. The number of unbranched alkanes of at least 4 members (excludes halogenated alkanes) is 5. The van der Waals surface area contributed by atoms with E-state index in [-0.39, 0.29) is 0 Å². The number of hydrogen-bond donors (Lipinski definition) is 0. The van der Waals surface area contributed by atoms with E-state index in [1.54, 1.807) is 0 Å². The lowest BCUT2D eigenvalue weighted by molar-refractivity contribution is 0.667. The van der Waals surface area contributed by atoms with Crippen molar-refractivity contribution in [1.29, 1.82) is 0 Å². The average Bonchev–Trinajstić information content (AvgIpc) is 2.66. The van der Waals surface area contributed by atoms with Crippen LogP contribution in [0.25, 0.3) is 0 Å². The zero-order chi connectivity index (χ0) is 17.7. The molecule has 1 nitrogen and oxygen atoms in total. The number of nitrogens with zero attached hydrogens (tertiary/aromatic N) is 1. The first kappa shape index (κ1) is 19.3. The molecule has 0 spiro atoms. The van der Waals surface area contributed by atoms with Gasteiger partial charge in [0.05, 0.1) is 0 Å². The molecule has 0 aliphatic heterocycles. The molecule has 1 aromatic heterocycles. The summed E-state index contributed by atoms with van der Waals surface area (Å²) in [5, 5.41) is 0. The molecule has 0 N–H and O–H groups in total. The maximum absolute atomic E-state index is 4.47. The number of benzene rings is 1. The molecule has 0 atom stereocenters. The third-order valence-electron chi connectivity index (χ3n) is 4.50. The molecule has 1 heteroatoms. The highest BCUT2D eigenvalue weighted by Gasteiger charge is 1.96. The Labute approximate surface area is 153 Å². The Bertz CT molecular complexity index is 656. The van der Waals surface area contributed by atoms with Crippen molar-refractivity contribution in [2.75, 3.05) is 0 Å². The summed E-state index contributed by atoms with van der Waals surface area (Å²) in [7, 11) is 0. The Hall–Kier alpha value is -2.07. The van der Waals surface area contributed by atoms with Crippen LogP contribution in [0.4, 0.5) is 0 Å². The largest absolute Gasteiger partial charge is 0.248 e. The van der Waals surface area contributed by atoms with Gasteiger partial charge in [0.2, 0.25) is 0 Å². The van der Waals surface area contributed by atoms with Gasteiger partial charge in [-0.25, -0.2) is 4.98 Å². The lowest BCUT2D eigenvalue weighted by Gasteiger charge is -2.01. The highest BCUT2D eigenvalue weighted by Crippen LogP contribution is 2.10. The van der Waals surface area contributed by atoms with Crippen LogP contribution in [0.3, 0.4) is 0 Å². The van der Waals surface area contributed by atoms with Gasteiger partial charge in [-0.05, 0) is 60.9 Å². The Morgan fingerprint density at radius 3 is 2.00 bits per heavy atom. The van der Waals surface area contributed by atoms with E-state index in [4.69, 9.17) is 0 Å². The summed E-state index contributed by atoms with van der Waals surface area (Å²) < 4.78 is 0. The fourth-order valence-electron chi connectivity index (χ4n) is 2.87. The second-order valence-electron chi connectivity index (χ2n) is 6.77. The summed E-state index contributed by atoms with van der Waals surface area (Å²) in [6.45, 7) is 4.48. The van der Waals surface area contributed by atoms with Crippen molar-refractivity contribution in [2.24, 2.45) is 0 Å². The molecule has 0 bridgehead atoms. The van der Waals surface area contributed by atoms with Crippen LogP contribution in [0, 0.1) is 11.8 Å². The summed E-state index contributed by atoms with van der Waals surface area (Å²) in [4.78, 5) is 4.47. The summed E-state index contributed by atoms with van der Waals surface area (Å²) in [5.41, 5.74) is 4.64. The maximum Gasteiger partial charge on any atom is 0.113 e. The van der Waals surface area contributed by atoms with Gasteiger partial charge in [-0.2, -0.15) is 0 Å². The molecule has 2 rings (SSSR count). The Morgan fingerprint density at radius 2 is 1.32 bits per heavy atom. The van der Waals surface area contributed by atoms with E-state index in [0.29, 0.717) is 0 Å². The molecule has 132 valence electrons. The molecule has 0 amide bonds. The van der Waals surface area contributed by atoms with Gasteiger partial charge in [0.25, 0.3) is 0 Å². The van der Waals surface area contributed by atoms with Crippen molar-refractivity contribution in [1.82, 2.24) is 4.98 Å². The van der Waals surface area contributed by atoms with E-state index in [9.17, 15) is 0 Å². The van der Waals surface area contributed by atoms with Gasteiger partial charge >= 0.3 is 0 Å². The number of rotatable bonds is 9. The van der Waals surface area contributed by atoms with Crippen LogP contribution < -0.4 is 0 Å². The van der Waals surface area contributed by atoms with Gasteiger partial charge in [-0.1, -0.05) is 70.1 Å². The maximum atomic E-state index is 4.47. The van der Waals surface area contributed by atoms with Crippen molar-refractivity contribution < 1.29 is 0 Å². The summed E-state index contributed by atoms with van der Waals surface area (Å²) in [6.07, 6.45) is 13.3. The molecule has 0 radical (unpaired) electrons. The van der Waals surface area contributed by atoms with Crippen molar-refractivity contribution in [3.8, 4) is 11.8 Å². The molecular formula is C24H31N. The summed E-state index contributed by atoms with van der Waals surface area (Å²) in [5.74, 6) is 6.40. The predicted molar refractivity (Wildman–Crippen MR) is 108 cm³/mol. The molecule has 0 fully saturated rings. The van der Waals surface area contributed by atoms with E-state index in [1.807, 2.05) is 12.3 Å². The first-order chi connectivity index (χ1) is 12.3. The molecule has 0 saturated carbocycles. The minimum atomic E-state index is 0.850. The minimum absolute atomic E-state index is 0.850. The van der Waals surface area contributed by atoms with Crippen LogP contribution in [0.15, 0.2) is 42.6 Å². The SMILES string of the molecule is CCCCCCc1ccc(C#Cc2ccc(CCCCC)cn2)cc1. The zero-order valence-corrected chi connectivity index (χ0v) is 15.9. The first-order valence-electron chi connectivity index (χ1n) is 9.87. The van der Waals surface area contributed by atoms with Crippen molar-refractivity contribution in [3.05, 3.63) is 65.0 Å². The van der Waals surface area contributed by atoms with E-state index < -0.39 is 0 Å². The number of aryl methyl sites for hydroxylation is 2. The third kappa shape index (κ3) is 7.57. The Kier molecular flexibility index (Phi) is 8.84.